The summed E-state index contributed by atoms with van der Waals surface area (Å²) in [4.78, 5) is 19.3. The number of carboxylic acids is 1. The molecule has 0 aromatic carbocycles. The molecule has 0 spiro atoms. The van der Waals surface area contributed by atoms with Crippen LogP contribution in [0.3, 0.4) is 0 Å². The Morgan fingerprint density at radius 2 is 1.59 bits per heavy atom. The number of rotatable bonds is 4. The Balaban J connectivity index is -0.000000232. The van der Waals surface area contributed by atoms with Crippen molar-refractivity contribution in [2.75, 3.05) is 27.4 Å². The molecule has 0 aromatic rings. The van der Waals surface area contributed by atoms with Crippen molar-refractivity contribution in [3.63, 3.8) is 0 Å². The van der Waals surface area contributed by atoms with Crippen molar-refractivity contribution in [3.8, 4) is 0 Å². The molecule has 0 aliphatic carbocycles. The van der Waals surface area contributed by atoms with Crippen LogP contribution in [0.25, 0.3) is 0 Å². The van der Waals surface area contributed by atoms with Crippen LogP contribution in [-0.4, -0.2) is 50.6 Å². The van der Waals surface area contributed by atoms with Crippen molar-refractivity contribution in [1.29, 1.82) is 0 Å². The lowest BCUT2D eigenvalue weighted by atomic mass is 10.4. The van der Waals surface area contributed by atoms with Gasteiger partial charge in [-0.05, 0) is 13.8 Å². The third-order valence-electron chi connectivity index (χ3n) is 0.924. The van der Waals surface area contributed by atoms with Crippen LogP contribution < -0.4 is 0 Å². The first-order chi connectivity index (χ1) is 7.81. The van der Waals surface area contributed by atoms with E-state index in [1.54, 1.807) is 21.1 Å². The Kier molecular flexibility index (Phi) is 21.5. The molecule has 1 atom stereocenters. The maximum absolute atomic E-state index is 10.3. The minimum Gasteiger partial charge on any atom is -0.481 e. The molecule has 0 saturated carbocycles. The molecule has 1 N–H and O–H groups in total. The Labute approximate surface area is 103 Å². The molecular formula is C11H24O6. The van der Waals surface area contributed by atoms with Crippen molar-refractivity contribution < 1.29 is 28.9 Å². The Hall–Kier alpha value is -1.14. The summed E-state index contributed by atoms with van der Waals surface area (Å²) in [5, 5.41) is 7.42. The Morgan fingerprint density at radius 3 is 1.82 bits per heavy atom. The topological polar surface area (TPSA) is 82.1 Å². The number of ether oxygens (including phenoxy) is 3. The SMILES string of the molecule is CC(=O)O.CCOCC(C)OC(C)=O.COC. The monoisotopic (exact) mass is 252 g/mol. The molecular weight excluding hydrogens is 228 g/mol. The number of carbonyl (C=O) groups is 2. The van der Waals surface area contributed by atoms with Crippen molar-refractivity contribution in [2.45, 2.75) is 33.8 Å². The van der Waals surface area contributed by atoms with Gasteiger partial charge in [-0.25, -0.2) is 0 Å². The lowest BCUT2D eigenvalue weighted by molar-refractivity contribution is -0.148. The van der Waals surface area contributed by atoms with Gasteiger partial charge in [0.15, 0.2) is 0 Å². The first-order valence-corrected chi connectivity index (χ1v) is 5.16. The molecule has 0 saturated heterocycles. The van der Waals surface area contributed by atoms with Crippen LogP contribution in [0.5, 0.6) is 0 Å². The van der Waals surface area contributed by atoms with Gasteiger partial charge in [0.1, 0.15) is 6.10 Å². The van der Waals surface area contributed by atoms with Crippen molar-refractivity contribution in [2.24, 2.45) is 0 Å². The molecule has 6 heteroatoms. The molecule has 0 amide bonds. The predicted molar refractivity (Wildman–Crippen MR) is 64.0 cm³/mol. The molecule has 6 nitrogen and oxygen atoms in total. The van der Waals surface area contributed by atoms with Crippen LogP contribution >= 0.6 is 0 Å². The average molecular weight is 252 g/mol. The zero-order valence-corrected chi connectivity index (χ0v) is 11.5. The van der Waals surface area contributed by atoms with Crippen molar-refractivity contribution in [3.05, 3.63) is 0 Å². The number of hydrogen-bond acceptors (Lipinski definition) is 5. The number of methoxy groups -OCH3 is 1. The van der Waals surface area contributed by atoms with Gasteiger partial charge in [0.25, 0.3) is 5.97 Å². The van der Waals surface area contributed by atoms with Gasteiger partial charge >= 0.3 is 5.97 Å². The third kappa shape index (κ3) is 52.2. The predicted octanol–water partition coefficient (Wildman–Crippen LogP) is 1.33. The van der Waals surface area contributed by atoms with Crippen LogP contribution in [0, 0.1) is 0 Å². The zero-order valence-electron chi connectivity index (χ0n) is 11.5. The van der Waals surface area contributed by atoms with Crippen LogP contribution in [0.4, 0.5) is 0 Å². The smallest absolute Gasteiger partial charge is 0.302 e. The highest BCUT2D eigenvalue weighted by Gasteiger charge is 2.03. The number of carboxylic acid groups (broad SMARTS) is 1. The molecule has 0 heterocycles. The van der Waals surface area contributed by atoms with Crippen molar-refractivity contribution in [1.82, 2.24) is 0 Å². The van der Waals surface area contributed by atoms with Gasteiger partial charge in [0.2, 0.25) is 0 Å². The van der Waals surface area contributed by atoms with Gasteiger partial charge in [-0.1, -0.05) is 0 Å². The van der Waals surface area contributed by atoms with E-state index in [1.165, 1.54) is 6.92 Å². The third-order valence-corrected chi connectivity index (χ3v) is 0.924. The van der Waals surface area contributed by atoms with Crippen LogP contribution in [0.2, 0.25) is 0 Å². The number of esters is 1. The fourth-order valence-electron chi connectivity index (χ4n) is 0.601. The summed E-state index contributed by atoms with van der Waals surface area (Å²) in [5.41, 5.74) is 0. The van der Waals surface area contributed by atoms with E-state index in [2.05, 4.69) is 4.74 Å². The molecule has 17 heavy (non-hydrogen) atoms. The maximum atomic E-state index is 10.3. The van der Waals surface area contributed by atoms with E-state index in [0.29, 0.717) is 13.2 Å². The van der Waals surface area contributed by atoms with Gasteiger partial charge in [-0.3, -0.25) is 9.59 Å². The molecule has 0 aromatic heterocycles. The van der Waals surface area contributed by atoms with E-state index in [0.717, 1.165) is 6.92 Å². The van der Waals surface area contributed by atoms with Crippen LogP contribution in [-0.2, 0) is 23.8 Å². The highest BCUT2D eigenvalue weighted by atomic mass is 16.6. The van der Waals surface area contributed by atoms with Gasteiger partial charge < -0.3 is 19.3 Å². The van der Waals surface area contributed by atoms with E-state index in [4.69, 9.17) is 19.4 Å². The largest absolute Gasteiger partial charge is 0.481 e. The summed E-state index contributed by atoms with van der Waals surface area (Å²) in [5.74, 6) is -1.09. The molecule has 0 fully saturated rings. The fourth-order valence-corrected chi connectivity index (χ4v) is 0.601. The lowest BCUT2D eigenvalue weighted by Crippen LogP contribution is -2.18. The number of aliphatic carboxylic acids is 1. The van der Waals surface area contributed by atoms with E-state index in [1.807, 2.05) is 6.92 Å². The maximum Gasteiger partial charge on any atom is 0.302 e. The summed E-state index contributed by atoms with van der Waals surface area (Å²) in [6.07, 6.45) is -0.127. The molecule has 104 valence electrons. The van der Waals surface area contributed by atoms with Gasteiger partial charge in [0.05, 0.1) is 6.61 Å². The van der Waals surface area contributed by atoms with Gasteiger partial charge in [0, 0.05) is 34.7 Å². The molecule has 1 unspecified atom stereocenters. The highest BCUT2D eigenvalue weighted by Crippen LogP contribution is 1.91. The van der Waals surface area contributed by atoms with E-state index >= 15 is 0 Å². The quantitative estimate of drug-likeness (QED) is 0.760. The minimum absolute atomic E-state index is 0.127. The highest BCUT2D eigenvalue weighted by molar-refractivity contribution is 5.66. The molecule has 0 aliphatic heterocycles. The van der Waals surface area contributed by atoms with Crippen molar-refractivity contribution >= 4 is 11.9 Å². The summed E-state index contributed by atoms with van der Waals surface area (Å²) in [6.45, 7) is 7.32. The molecule has 0 rings (SSSR count). The Bertz CT molecular complexity index is 177. The second-order valence-electron chi connectivity index (χ2n) is 3.01. The normalized spacial score (nSPS) is 10.0. The van der Waals surface area contributed by atoms with Crippen LogP contribution in [0.15, 0.2) is 0 Å². The van der Waals surface area contributed by atoms with Gasteiger partial charge in [-0.15, -0.1) is 0 Å². The first kappa shape index (κ1) is 21.2. The Morgan fingerprint density at radius 1 is 1.24 bits per heavy atom. The van der Waals surface area contributed by atoms with E-state index < -0.39 is 5.97 Å². The average Bonchev–Trinajstić information content (AvgIpc) is 2.14. The second-order valence-corrected chi connectivity index (χ2v) is 3.01. The minimum atomic E-state index is -0.833. The van der Waals surface area contributed by atoms with Crippen LogP contribution in [0.1, 0.15) is 27.7 Å². The summed E-state index contributed by atoms with van der Waals surface area (Å²) in [6, 6.07) is 0. The zero-order chi connectivity index (χ0) is 14.3. The first-order valence-electron chi connectivity index (χ1n) is 5.16. The van der Waals surface area contributed by atoms with E-state index in [9.17, 15) is 4.79 Å². The molecule has 0 bridgehead atoms. The standard InChI is InChI=1S/C7H14O3.C2H4O2.C2H6O/c1-4-9-5-6(2)10-7(3)8;1-2(3)4;1-3-2/h6H,4-5H2,1-3H3;1H3,(H,3,4);1-2H3. The summed E-state index contributed by atoms with van der Waals surface area (Å²) in [7, 11) is 3.25. The lowest BCUT2D eigenvalue weighted by Gasteiger charge is -2.10. The number of carbonyl (C=O) groups excluding carboxylic acids is 1. The fraction of sp³-hybridized carbons (Fsp3) is 0.818. The number of hydrogen-bond donors (Lipinski definition) is 1. The molecule has 0 aliphatic rings. The molecule has 0 radical (unpaired) electrons. The second kappa shape index (κ2) is 17.3. The van der Waals surface area contributed by atoms with E-state index in [-0.39, 0.29) is 12.1 Å². The summed E-state index contributed by atoms with van der Waals surface area (Å²) >= 11 is 0. The van der Waals surface area contributed by atoms with Gasteiger partial charge in [-0.2, -0.15) is 0 Å². The summed E-state index contributed by atoms with van der Waals surface area (Å²) < 4.78 is 14.1.